The van der Waals surface area contributed by atoms with Gasteiger partial charge in [0.2, 0.25) is 0 Å². The Morgan fingerprint density at radius 3 is 2.00 bits per heavy atom. The molecule has 0 saturated heterocycles. The highest BCUT2D eigenvalue weighted by molar-refractivity contribution is 5.81. The number of rotatable bonds is 2. The smallest absolute Gasteiger partial charge is 0.330 e. The van der Waals surface area contributed by atoms with Gasteiger partial charge in [-0.15, -0.1) is 0 Å². The molecule has 0 aromatic rings. The fourth-order valence-electron chi connectivity index (χ4n) is 1.97. The maximum atomic E-state index is 10.9. The monoisotopic (exact) mass is 182 g/mol. The summed E-state index contributed by atoms with van der Waals surface area (Å²) in [4.78, 5) is 10.9. The van der Waals surface area contributed by atoms with Gasteiger partial charge in [0.05, 0.1) is 7.11 Å². The Bertz CT molecular complexity index is 235. The standard InChI is InChI=1S/C11H18O2/c1-10(2)8(11(10,3)4)6-7-9(12)13-5/h6-8H,1-5H3. The summed E-state index contributed by atoms with van der Waals surface area (Å²) in [6.07, 6.45) is 3.49. The maximum absolute atomic E-state index is 10.9. The topological polar surface area (TPSA) is 26.3 Å². The largest absolute Gasteiger partial charge is 0.466 e. The normalized spacial score (nSPS) is 24.7. The summed E-state index contributed by atoms with van der Waals surface area (Å²) >= 11 is 0. The van der Waals surface area contributed by atoms with Crippen molar-refractivity contribution in [1.29, 1.82) is 0 Å². The van der Waals surface area contributed by atoms with Gasteiger partial charge in [-0.1, -0.05) is 33.8 Å². The number of hydrogen-bond acceptors (Lipinski definition) is 2. The van der Waals surface area contributed by atoms with Crippen molar-refractivity contribution in [3.63, 3.8) is 0 Å². The fraction of sp³-hybridized carbons (Fsp3) is 0.727. The molecular formula is C11H18O2. The van der Waals surface area contributed by atoms with Crippen molar-refractivity contribution >= 4 is 5.97 Å². The number of methoxy groups -OCH3 is 1. The minimum Gasteiger partial charge on any atom is -0.466 e. The zero-order valence-corrected chi connectivity index (χ0v) is 9.05. The predicted octanol–water partition coefficient (Wildman–Crippen LogP) is 2.40. The first-order valence-corrected chi connectivity index (χ1v) is 4.60. The third-order valence-electron chi connectivity index (χ3n) is 3.76. The van der Waals surface area contributed by atoms with E-state index in [1.165, 1.54) is 13.2 Å². The molecule has 1 fully saturated rings. The lowest BCUT2D eigenvalue weighted by Crippen LogP contribution is -1.95. The Balaban J connectivity index is 2.60. The third kappa shape index (κ3) is 1.50. The fourth-order valence-corrected chi connectivity index (χ4v) is 1.97. The Morgan fingerprint density at radius 1 is 1.23 bits per heavy atom. The predicted molar refractivity (Wildman–Crippen MR) is 52.2 cm³/mol. The van der Waals surface area contributed by atoms with E-state index in [0.717, 1.165) is 0 Å². The Hall–Kier alpha value is -0.790. The van der Waals surface area contributed by atoms with Gasteiger partial charge in [0.1, 0.15) is 0 Å². The number of allylic oxidation sites excluding steroid dienone is 1. The van der Waals surface area contributed by atoms with Crippen molar-refractivity contribution in [3.05, 3.63) is 12.2 Å². The molecule has 2 nitrogen and oxygen atoms in total. The molecule has 0 radical (unpaired) electrons. The molecule has 13 heavy (non-hydrogen) atoms. The van der Waals surface area contributed by atoms with Crippen LogP contribution in [-0.2, 0) is 9.53 Å². The van der Waals surface area contributed by atoms with E-state index in [-0.39, 0.29) is 5.97 Å². The molecule has 0 aliphatic heterocycles. The molecule has 1 saturated carbocycles. The quantitative estimate of drug-likeness (QED) is 0.484. The van der Waals surface area contributed by atoms with Gasteiger partial charge < -0.3 is 4.74 Å². The summed E-state index contributed by atoms with van der Waals surface area (Å²) in [7, 11) is 1.40. The zero-order chi connectivity index (χ0) is 10.3. The van der Waals surface area contributed by atoms with Crippen LogP contribution in [0, 0.1) is 16.7 Å². The van der Waals surface area contributed by atoms with Crippen molar-refractivity contribution in [3.8, 4) is 0 Å². The van der Waals surface area contributed by atoms with Crippen LogP contribution >= 0.6 is 0 Å². The second-order valence-corrected chi connectivity index (χ2v) is 4.80. The summed E-state index contributed by atoms with van der Waals surface area (Å²) in [5.41, 5.74) is 0.606. The van der Waals surface area contributed by atoms with E-state index in [4.69, 9.17) is 0 Å². The number of hydrogen-bond donors (Lipinski definition) is 0. The average Bonchev–Trinajstić information content (AvgIpc) is 2.40. The van der Waals surface area contributed by atoms with E-state index in [0.29, 0.717) is 16.7 Å². The highest BCUT2D eigenvalue weighted by Crippen LogP contribution is 2.68. The molecule has 0 N–H and O–H groups in total. The Labute approximate surface area is 80.0 Å². The Kier molecular flexibility index (Phi) is 2.27. The van der Waals surface area contributed by atoms with Crippen LogP contribution in [-0.4, -0.2) is 13.1 Å². The van der Waals surface area contributed by atoms with Crippen LogP contribution in [0.25, 0.3) is 0 Å². The van der Waals surface area contributed by atoms with Crippen molar-refractivity contribution in [2.24, 2.45) is 16.7 Å². The molecule has 0 aromatic carbocycles. The summed E-state index contributed by atoms with van der Waals surface area (Å²) in [5.74, 6) is 0.220. The summed E-state index contributed by atoms with van der Waals surface area (Å²) in [6.45, 7) is 8.89. The molecule has 74 valence electrons. The molecule has 0 aromatic heterocycles. The van der Waals surface area contributed by atoms with Gasteiger partial charge in [0.15, 0.2) is 0 Å². The lowest BCUT2D eigenvalue weighted by atomic mass is 10.0. The Morgan fingerprint density at radius 2 is 1.69 bits per heavy atom. The number of carbonyl (C=O) groups is 1. The first-order valence-electron chi connectivity index (χ1n) is 4.60. The number of esters is 1. The number of carbonyl (C=O) groups excluding carboxylic acids is 1. The van der Waals surface area contributed by atoms with Crippen LogP contribution in [0.15, 0.2) is 12.2 Å². The number of ether oxygens (including phenoxy) is 1. The van der Waals surface area contributed by atoms with Gasteiger partial charge in [-0.2, -0.15) is 0 Å². The van der Waals surface area contributed by atoms with E-state index in [1.807, 2.05) is 6.08 Å². The SMILES string of the molecule is COC(=O)C=CC1C(C)(C)C1(C)C. The molecule has 1 aliphatic rings. The highest BCUT2D eigenvalue weighted by Gasteiger charge is 2.63. The van der Waals surface area contributed by atoms with Gasteiger partial charge in [-0.25, -0.2) is 4.79 Å². The van der Waals surface area contributed by atoms with Gasteiger partial charge in [0, 0.05) is 6.08 Å². The summed E-state index contributed by atoms with van der Waals surface area (Å²) < 4.78 is 4.54. The van der Waals surface area contributed by atoms with E-state index in [1.54, 1.807) is 0 Å². The van der Waals surface area contributed by atoms with Gasteiger partial charge in [0.25, 0.3) is 0 Å². The first-order chi connectivity index (χ1) is 5.84. The molecule has 2 heteroatoms. The van der Waals surface area contributed by atoms with E-state index in [9.17, 15) is 4.79 Å². The van der Waals surface area contributed by atoms with Crippen LogP contribution in [0.1, 0.15) is 27.7 Å². The van der Waals surface area contributed by atoms with Gasteiger partial charge in [-0.05, 0) is 16.7 Å². The highest BCUT2D eigenvalue weighted by atomic mass is 16.5. The van der Waals surface area contributed by atoms with Crippen LogP contribution in [0.5, 0.6) is 0 Å². The van der Waals surface area contributed by atoms with Crippen molar-refractivity contribution < 1.29 is 9.53 Å². The van der Waals surface area contributed by atoms with E-state index in [2.05, 4.69) is 32.4 Å². The van der Waals surface area contributed by atoms with Crippen LogP contribution < -0.4 is 0 Å². The van der Waals surface area contributed by atoms with Crippen molar-refractivity contribution in [1.82, 2.24) is 0 Å². The molecule has 0 spiro atoms. The molecular weight excluding hydrogens is 164 g/mol. The third-order valence-corrected chi connectivity index (χ3v) is 3.76. The van der Waals surface area contributed by atoms with Gasteiger partial charge >= 0.3 is 5.97 Å². The summed E-state index contributed by atoms with van der Waals surface area (Å²) in [5, 5.41) is 0. The minimum atomic E-state index is -0.265. The van der Waals surface area contributed by atoms with Crippen LogP contribution in [0.4, 0.5) is 0 Å². The molecule has 0 unspecified atom stereocenters. The summed E-state index contributed by atoms with van der Waals surface area (Å²) in [6, 6.07) is 0. The minimum absolute atomic E-state index is 0.265. The molecule has 0 atom stereocenters. The first kappa shape index (κ1) is 10.3. The maximum Gasteiger partial charge on any atom is 0.330 e. The molecule has 1 rings (SSSR count). The van der Waals surface area contributed by atoms with E-state index < -0.39 is 0 Å². The lowest BCUT2D eigenvalue weighted by Gasteiger charge is -2.03. The van der Waals surface area contributed by atoms with Crippen molar-refractivity contribution in [2.75, 3.05) is 7.11 Å². The zero-order valence-electron chi connectivity index (χ0n) is 9.05. The molecule has 1 aliphatic carbocycles. The lowest BCUT2D eigenvalue weighted by molar-refractivity contribution is -0.134. The van der Waals surface area contributed by atoms with Gasteiger partial charge in [-0.3, -0.25) is 0 Å². The molecule has 0 bridgehead atoms. The van der Waals surface area contributed by atoms with E-state index >= 15 is 0 Å². The van der Waals surface area contributed by atoms with Crippen LogP contribution in [0.2, 0.25) is 0 Å². The second-order valence-electron chi connectivity index (χ2n) is 4.80. The van der Waals surface area contributed by atoms with Crippen LogP contribution in [0.3, 0.4) is 0 Å². The average molecular weight is 182 g/mol. The second kappa shape index (κ2) is 2.86. The molecule has 0 heterocycles. The molecule has 0 amide bonds. The van der Waals surface area contributed by atoms with Crippen molar-refractivity contribution in [2.45, 2.75) is 27.7 Å².